The maximum atomic E-state index is 5.73. The molecule has 1 atom stereocenters. The molecule has 1 aromatic heterocycles. The Morgan fingerprint density at radius 1 is 1.62 bits per heavy atom. The van der Waals surface area contributed by atoms with Crippen molar-refractivity contribution in [3.8, 4) is 0 Å². The Morgan fingerprint density at radius 2 is 2.44 bits per heavy atom. The van der Waals surface area contributed by atoms with Crippen molar-refractivity contribution in [1.29, 1.82) is 0 Å². The summed E-state index contributed by atoms with van der Waals surface area (Å²) < 4.78 is 7.59. The zero-order valence-corrected chi connectivity index (χ0v) is 10.4. The molecule has 4 nitrogen and oxygen atoms in total. The maximum absolute atomic E-state index is 5.73. The first-order valence-corrected chi connectivity index (χ1v) is 5.93. The molecule has 0 spiro atoms. The van der Waals surface area contributed by atoms with E-state index in [1.165, 1.54) is 12.0 Å². The second kappa shape index (κ2) is 4.55. The van der Waals surface area contributed by atoms with E-state index in [1.807, 2.05) is 18.7 Å². The van der Waals surface area contributed by atoms with Gasteiger partial charge >= 0.3 is 0 Å². The van der Waals surface area contributed by atoms with E-state index in [1.54, 1.807) is 0 Å². The van der Waals surface area contributed by atoms with E-state index in [9.17, 15) is 0 Å². The van der Waals surface area contributed by atoms with Crippen LogP contribution in [-0.4, -0.2) is 28.5 Å². The topological polar surface area (TPSA) is 39.1 Å². The predicted molar refractivity (Wildman–Crippen MR) is 63.2 cm³/mol. The van der Waals surface area contributed by atoms with E-state index in [2.05, 4.69) is 23.5 Å². The fourth-order valence-electron chi connectivity index (χ4n) is 2.26. The molecule has 2 rings (SSSR count). The third-order valence-electron chi connectivity index (χ3n) is 3.23. The summed E-state index contributed by atoms with van der Waals surface area (Å²) in [7, 11) is 1.96. The monoisotopic (exact) mass is 223 g/mol. The van der Waals surface area contributed by atoms with Crippen molar-refractivity contribution in [2.24, 2.45) is 7.05 Å². The predicted octanol–water partition coefficient (Wildman–Crippen LogP) is 1.39. The van der Waals surface area contributed by atoms with Crippen LogP contribution < -0.4 is 5.32 Å². The van der Waals surface area contributed by atoms with E-state index in [4.69, 9.17) is 4.74 Å². The summed E-state index contributed by atoms with van der Waals surface area (Å²) in [5, 5.41) is 7.78. The van der Waals surface area contributed by atoms with Gasteiger partial charge in [-0.2, -0.15) is 5.10 Å². The SMILES string of the molecule is Cc1nn(C)cc1CNCC1(C)CCCO1. The summed E-state index contributed by atoms with van der Waals surface area (Å²) in [6.07, 6.45) is 4.41. The summed E-state index contributed by atoms with van der Waals surface area (Å²) in [6, 6.07) is 0. The van der Waals surface area contributed by atoms with Crippen LogP contribution in [0.25, 0.3) is 0 Å². The minimum absolute atomic E-state index is 0.0378. The molecular formula is C12H21N3O. The van der Waals surface area contributed by atoms with Crippen LogP contribution in [0.2, 0.25) is 0 Å². The minimum atomic E-state index is 0.0378. The van der Waals surface area contributed by atoms with E-state index in [0.29, 0.717) is 0 Å². The molecule has 1 fully saturated rings. The van der Waals surface area contributed by atoms with Crippen LogP contribution in [0.4, 0.5) is 0 Å². The fourth-order valence-corrected chi connectivity index (χ4v) is 2.26. The van der Waals surface area contributed by atoms with Gasteiger partial charge in [0, 0.05) is 38.5 Å². The van der Waals surface area contributed by atoms with Crippen molar-refractivity contribution in [3.05, 3.63) is 17.5 Å². The van der Waals surface area contributed by atoms with E-state index >= 15 is 0 Å². The fraction of sp³-hybridized carbons (Fsp3) is 0.750. The van der Waals surface area contributed by atoms with Crippen LogP contribution in [0.3, 0.4) is 0 Å². The molecule has 0 saturated carbocycles. The second-order valence-corrected chi connectivity index (χ2v) is 4.92. The number of rotatable bonds is 4. The summed E-state index contributed by atoms with van der Waals surface area (Å²) >= 11 is 0. The van der Waals surface area contributed by atoms with Crippen molar-refractivity contribution in [2.45, 2.75) is 38.8 Å². The standard InChI is InChI=1S/C12H21N3O/c1-10-11(8-15(3)14-10)7-13-9-12(2)5-4-6-16-12/h8,13H,4-7,9H2,1-3H3. The van der Waals surface area contributed by atoms with Gasteiger partial charge in [-0.05, 0) is 26.7 Å². The average molecular weight is 223 g/mol. The molecule has 16 heavy (non-hydrogen) atoms. The quantitative estimate of drug-likeness (QED) is 0.838. The van der Waals surface area contributed by atoms with Gasteiger partial charge in [0.2, 0.25) is 0 Å². The van der Waals surface area contributed by atoms with Crippen LogP contribution in [-0.2, 0) is 18.3 Å². The van der Waals surface area contributed by atoms with Gasteiger partial charge in [0.25, 0.3) is 0 Å². The Hall–Kier alpha value is -0.870. The Labute approximate surface area is 97.0 Å². The smallest absolute Gasteiger partial charge is 0.0779 e. The molecule has 1 aromatic rings. The van der Waals surface area contributed by atoms with Gasteiger partial charge < -0.3 is 10.1 Å². The molecule has 2 heterocycles. The van der Waals surface area contributed by atoms with Crippen molar-refractivity contribution in [2.75, 3.05) is 13.2 Å². The lowest BCUT2D eigenvalue weighted by atomic mass is 10.0. The summed E-state index contributed by atoms with van der Waals surface area (Å²) in [5.74, 6) is 0. The van der Waals surface area contributed by atoms with E-state index < -0.39 is 0 Å². The highest BCUT2D eigenvalue weighted by Crippen LogP contribution is 2.23. The lowest BCUT2D eigenvalue weighted by molar-refractivity contribution is 0.0206. The first kappa shape index (κ1) is 11.6. The Balaban J connectivity index is 1.81. The number of hydrogen-bond acceptors (Lipinski definition) is 3. The molecule has 1 N–H and O–H groups in total. The van der Waals surface area contributed by atoms with Gasteiger partial charge in [0.1, 0.15) is 0 Å². The highest BCUT2D eigenvalue weighted by atomic mass is 16.5. The molecule has 1 aliphatic heterocycles. The number of nitrogens with one attached hydrogen (secondary N) is 1. The van der Waals surface area contributed by atoms with E-state index in [-0.39, 0.29) is 5.60 Å². The zero-order valence-electron chi connectivity index (χ0n) is 10.4. The molecule has 1 saturated heterocycles. The van der Waals surface area contributed by atoms with Crippen molar-refractivity contribution >= 4 is 0 Å². The molecule has 90 valence electrons. The summed E-state index contributed by atoms with van der Waals surface area (Å²) in [6.45, 7) is 6.93. The molecular weight excluding hydrogens is 202 g/mol. The van der Waals surface area contributed by atoms with Gasteiger partial charge in [-0.3, -0.25) is 4.68 Å². The highest BCUT2D eigenvalue weighted by molar-refractivity contribution is 5.14. The lowest BCUT2D eigenvalue weighted by Crippen LogP contribution is -2.36. The lowest BCUT2D eigenvalue weighted by Gasteiger charge is -2.23. The molecule has 0 bridgehead atoms. The van der Waals surface area contributed by atoms with Crippen LogP contribution in [0.5, 0.6) is 0 Å². The molecule has 0 aliphatic carbocycles. The number of ether oxygens (including phenoxy) is 1. The molecule has 0 aromatic carbocycles. The van der Waals surface area contributed by atoms with Crippen LogP contribution in [0, 0.1) is 6.92 Å². The molecule has 0 amide bonds. The Bertz CT molecular complexity index is 353. The van der Waals surface area contributed by atoms with Gasteiger partial charge in [0.15, 0.2) is 0 Å². The van der Waals surface area contributed by atoms with Gasteiger partial charge in [0.05, 0.1) is 11.3 Å². The van der Waals surface area contributed by atoms with Crippen molar-refractivity contribution in [1.82, 2.24) is 15.1 Å². The van der Waals surface area contributed by atoms with Crippen LogP contribution in [0.15, 0.2) is 6.20 Å². The van der Waals surface area contributed by atoms with Crippen LogP contribution >= 0.6 is 0 Å². The highest BCUT2D eigenvalue weighted by Gasteiger charge is 2.28. The number of hydrogen-bond donors (Lipinski definition) is 1. The average Bonchev–Trinajstić information content (AvgIpc) is 2.75. The minimum Gasteiger partial charge on any atom is -0.374 e. The summed E-state index contributed by atoms with van der Waals surface area (Å²) in [4.78, 5) is 0. The first-order chi connectivity index (χ1) is 7.59. The summed E-state index contributed by atoms with van der Waals surface area (Å²) in [5.41, 5.74) is 2.41. The van der Waals surface area contributed by atoms with Gasteiger partial charge in [-0.1, -0.05) is 0 Å². The normalized spacial score (nSPS) is 25.2. The Kier molecular flexibility index (Phi) is 3.30. The maximum Gasteiger partial charge on any atom is 0.0779 e. The Morgan fingerprint density at radius 3 is 3.00 bits per heavy atom. The third kappa shape index (κ3) is 2.62. The molecule has 0 radical (unpaired) electrons. The number of nitrogens with zero attached hydrogens (tertiary/aromatic N) is 2. The second-order valence-electron chi connectivity index (χ2n) is 4.92. The number of aryl methyl sites for hydroxylation is 2. The third-order valence-corrected chi connectivity index (χ3v) is 3.23. The first-order valence-electron chi connectivity index (χ1n) is 5.93. The largest absolute Gasteiger partial charge is 0.374 e. The van der Waals surface area contributed by atoms with Gasteiger partial charge in [-0.25, -0.2) is 0 Å². The van der Waals surface area contributed by atoms with Crippen molar-refractivity contribution in [3.63, 3.8) is 0 Å². The molecule has 1 unspecified atom stereocenters. The van der Waals surface area contributed by atoms with E-state index in [0.717, 1.165) is 31.8 Å². The van der Waals surface area contributed by atoms with Crippen LogP contribution in [0.1, 0.15) is 31.0 Å². The zero-order chi connectivity index (χ0) is 11.6. The molecule has 4 heteroatoms. The van der Waals surface area contributed by atoms with Gasteiger partial charge in [-0.15, -0.1) is 0 Å². The number of aromatic nitrogens is 2. The molecule has 1 aliphatic rings. The van der Waals surface area contributed by atoms with Crippen molar-refractivity contribution < 1.29 is 4.74 Å².